The average Bonchev–Trinajstić information content (AvgIpc) is 2.64. The van der Waals surface area contributed by atoms with Crippen LogP contribution in [0.4, 0.5) is 4.39 Å². The molecule has 0 aliphatic carbocycles. The quantitative estimate of drug-likeness (QED) is 0.566. The van der Waals surface area contributed by atoms with E-state index >= 15 is 0 Å². The molecule has 2 aromatic carbocycles. The zero-order valence-electron chi connectivity index (χ0n) is 13.5. The monoisotopic (exact) mass is 337 g/mol. The summed E-state index contributed by atoms with van der Waals surface area (Å²) >= 11 is 0. The second-order valence-corrected chi connectivity index (χ2v) is 5.64. The molecule has 5 nitrogen and oxygen atoms in total. The summed E-state index contributed by atoms with van der Waals surface area (Å²) in [5, 5.41) is 9.04. The van der Waals surface area contributed by atoms with Crippen LogP contribution in [-0.4, -0.2) is 21.1 Å². The van der Waals surface area contributed by atoms with Crippen molar-refractivity contribution in [3.63, 3.8) is 0 Å². The Bertz CT molecular complexity index is 880. The molecule has 126 valence electrons. The molecule has 0 aliphatic rings. The minimum absolute atomic E-state index is 0.188. The highest BCUT2D eigenvalue weighted by Gasteiger charge is 2.25. The first kappa shape index (κ1) is 16.7. The van der Waals surface area contributed by atoms with Gasteiger partial charge in [0, 0.05) is 23.5 Å². The number of nitrogens with one attached hydrogen (secondary N) is 1. The summed E-state index contributed by atoms with van der Waals surface area (Å²) in [5.74, 6) is -1.61. The van der Waals surface area contributed by atoms with Crippen LogP contribution in [0.25, 0.3) is 11.4 Å². The molecule has 0 radical (unpaired) electrons. The molecule has 0 spiro atoms. The maximum absolute atomic E-state index is 14.1. The van der Waals surface area contributed by atoms with Gasteiger partial charge in [0.2, 0.25) is 0 Å². The Hall–Kier alpha value is -3.12. The number of benzene rings is 2. The Morgan fingerprint density at radius 2 is 1.72 bits per heavy atom. The van der Waals surface area contributed by atoms with E-state index < -0.39 is 17.6 Å². The fourth-order valence-corrected chi connectivity index (χ4v) is 2.61. The van der Waals surface area contributed by atoms with E-state index in [0.29, 0.717) is 11.4 Å². The summed E-state index contributed by atoms with van der Waals surface area (Å²) in [7, 11) is 0. The predicted molar refractivity (Wildman–Crippen MR) is 90.4 cm³/mol. The van der Waals surface area contributed by atoms with Crippen LogP contribution < -0.4 is 5.48 Å². The minimum atomic E-state index is -0.959. The third-order valence-electron chi connectivity index (χ3n) is 3.87. The Kier molecular flexibility index (Phi) is 4.81. The molecule has 1 unspecified atom stereocenters. The van der Waals surface area contributed by atoms with Crippen molar-refractivity contribution in [1.29, 1.82) is 0 Å². The number of carbonyl (C=O) groups is 1. The van der Waals surface area contributed by atoms with E-state index in [2.05, 4.69) is 9.97 Å². The number of hydrogen-bond acceptors (Lipinski definition) is 4. The highest BCUT2D eigenvalue weighted by atomic mass is 19.1. The van der Waals surface area contributed by atoms with E-state index in [4.69, 9.17) is 5.21 Å². The second-order valence-electron chi connectivity index (χ2n) is 5.64. The normalized spacial score (nSPS) is 11.8. The molecule has 6 heteroatoms. The van der Waals surface area contributed by atoms with Gasteiger partial charge < -0.3 is 0 Å². The molecule has 3 aromatic rings. The van der Waals surface area contributed by atoms with Crippen LogP contribution in [0.15, 0.2) is 60.9 Å². The van der Waals surface area contributed by atoms with E-state index in [1.54, 1.807) is 54.3 Å². The van der Waals surface area contributed by atoms with E-state index in [1.807, 2.05) is 6.92 Å². The second kappa shape index (κ2) is 7.19. The number of nitrogens with zero attached hydrogens (tertiary/aromatic N) is 2. The third kappa shape index (κ3) is 3.54. The molecule has 3 rings (SSSR count). The molecular weight excluding hydrogens is 321 g/mol. The van der Waals surface area contributed by atoms with Gasteiger partial charge in [-0.1, -0.05) is 42.5 Å². The number of carbonyl (C=O) groups excluding carboxylic acids is 1. The van der Waals surface area contributed by atoms with Crippen LogP contribution in [0.3, 0.4) is 0 Å². The number of aromatic nitrogens is 2. The lowest BCUT2D eigenvalue weighted by atomic mass is 9.89. The van der Waals surface area contributed by atoms with Crippen molar-refractivity contribution < 1.29 is 14.4 Å². The van der Waals surface area contributed by atoms with Crippen LogP contribution in [0, 0.1) is 12.7 Å². The van der Waals surface area contributed by atoms with Gasteiger partial charge in [-0.3, -0.25) is 10.0 Å². The lowest BCUT2D eigenvalue weighted by Crippen LogP contribution is -2.27. The Morgan fingerprint density at radius 1 is 1.08 bits per heavy atom. The number of halogens is 1. The van der Waals surface area contributed by atoms with Crippen molar-refractivity contribution in [2.75, 3.05) is 0 Å². The first-order valence-electron chi connectivity index (χ1n) is 7.67. The summed E-state index contributed by atoms with van der Waals surface area (Å²) in [5.41, 5.74) is 4.08. The molecule has 0 fully saturated rings. The summed E-state index contributed by atoms with van der Waals surface area (Å²) < 4.78 is 14.1. The van der Waals surface area contributed by atoms with E-state index in [-0.39, 0.29) is 5.56 Å². The first-order valence-corrected chi connectivity index (χ1v) is 7.67. The molecule has 0 saturated heterocycles. The van der Waals surface area contributed by atoms with Crippen molar-refractivity contribution in [2.45, 2.75) is 12.8 Å². The van der Waals surface area contributed by atoms with Crippen molar-refractivity contribution in [2.24, 2.45) is 0 Å². The molecule has 0 aliphatic heterocycles. The van der Waals surface area contributed by atoms with Gasteiger partial charge >= 0.3 is 0 Å². The topological polar surface area (TPSA) is 75.1 Å². The minimum Gasteiger partial charge on any atom is -0.289 e. The van der Waals surface area contributed by atoms with Crippen molar-refractivity contribution in [1.82, 2.24) is 15.4 Å². The molecule has 0 bridgehead atoms. The highest BCUT2D eigenvalue weighted by molar-refractivity contribution is 5.86. The van der Waals surface area contributed by atoms with Crippen molar-refractivity contribution >= 4 is 5.91 Å². The maximum atomic E-state index is 14.1. The Morgan fingerprint density at radius 3 is 2.32 bits per heavy atom. The molecule has 1 heterocycles. The van der Waals surface area contributed by atoms with Crippen molar-refractivity contribution in [3.05, 3.63) is 83.4 Å². The number of hydrogen-bond donors (Lipinski definition) is 2. The average molecular weight is 337 g/mol. The molecule has 1 aromatic heterocycles. The molecule has 0 saturated carbocycles. The Balaban J connectivity index is 1.98. The van der Waals surface area contributed by atoms with Gasteiger partial charge in [-0.15, -0.1) is 0 Å². The lowest BCUT2D eigenvalue weighted by molar-refractivity contribution is -0.129. The number of aryl methyl sites for hydroxylation is 1. The Labute approximate surface area is 144 Å². The van der Waals surface area contributed by atoms with Crippen LogP contribution in [-0.2, 0) is 4.79 Å². The van der Waals surface area contributed by atoms with Gasteiger partial charge in [0.05, 0.1) is 5.92 Å². The SMILES string of the molecule is Cc1cnc(-c2ccc(C(C(=O)NO)c3ccccc3F)cc2)nc1. The molecular formula is C19H16FN3O2. The zero-order chi connectivity index (χ0) is 17.8. The van der Waals surface area contributed by atoms with Gasteiger partial charge in [0.25, 0.3) is 5.91 Å². The number of amides is 1. The zero-order valence-corrected chi connectivity index (χ0v) is 13.5. The third-order valence-corrected chi connectivity index (χ3v) is 3.87. The fourth-order valence-electron chi connectivity index (χ4n) is 2.61. The van der Waals surface area contributed by atoms with Gasteiger partial charge in [-0.25, -0.2) is 19.8 Å². The first-order chi connectivity index (χ1) is 12.1. The summed E-state index contributed by atoms with van der Waals surface area (Å²) in [6, 6.07) is 12.9. The predicted octanol–water partition coefficient (Wildman–Crippen LogP) is 3.23. The van der Waals surface area contributed by atoms with Crippen LogP contribution in [0.2, 0.25) is 0 Å². The largest absolute Gasteiger partial charge is 0.289 e. The maximum Gasteiger partial charge on any atom is 0.255 e. The number of rotatable bonds is 4. The van der Waals surface area contributed by atoms with E-state index in [1.165, 1.54) is 12.1 Å². The summed E-state index contributed by atoms with van der Waals surface area (Å²) in [6.07, 6.45) is 3.44. The molecule has 2 N–H and O–H groups in total. The fraction of sp³-hybridized carbons (Fsp3) is 0.105. The smallest absolute Gasteiger partial charge is 0.255 e. The van der Waals surface area contributed by atoms with Gasteiger partial charge in [-0.2, -0.15) is 0 Å². The van der Waals surface area contributed by atoms with Crippen molar-refractivity contribution in [3.8, 4) is 11.4 Å². The van der Waals surface area contributed by atoms with E-state index in [9.17, 15) is 9.18 Å². The van der Waals surface area contributed by atoms with Crippen LogP contribution in [0.5, 0.6) is 0 Å². The molecule has 1 atom stereocenters. The summed E-state index contributed by atoms with van der Waals surface area (Å²) in [6.45, 7) is 1.90. The summed E-state index contributed by atoms with van der Waals surface area (Å²) in [4.78, 5) is 20.6. The van der Waals surface area contributed by atoms with E-state index in [0.717, 1.165) is 11.1 Å². The molecule has 25 heavy (non-hydrogen) atoms. The van der Waals surface area contributed by atoms with Gasteiger partial charge in [0.15, 0.2) is 5.82 Å². The van der Waals surface area contributed by atoms with Crippen LogP contribution >= 0.6 is 0 Å². The highest BCUT2D eigenvalue weighted by Crippen LogP contribution is 2.28. The van der Waals surface area contributed by atoms with Gasteiger partial charge in [-0.05, 0) is 24.1 Å². The molecule has 1 amide bonds. The van der Waals surface area contributed by atoms with Crippen LogP contribution in [0.1, 0.15) is 22.6 Å². The number of hydroxylamine groups is 1. The standard InChI is InChI=1S/C19H16FN3O2/c1-12-10-21-18(22-11-12)14-8-6-13(7-9-14)17(19(24)23-25)15-4-2-3-5-16(15)20/h2-11,17,25H,1H3,(H,23,24). The van der Waals surface area contributed by atoms with Gasteiger partial charge in [0.1, 0.15) is 5.82 Å². The lowest BCUT2D eigenvalue weighted by Gasteiger charge is -2.17.